The van der Waals surface area contributed by atoms with Gasteiger partial charge in [0.25, 0.3) is 5.91 Å². The molecule has 4 heteroatoms. The maximum absolute atomic E-state index is 12.6. The Balaban J connectivity index is 2.08. The Labute approximate surface area is 143 Å². The summed E-state index contributed by atoms with van der Waals surface area (Å²) in [4.78, 5) is 23.9. The van der Waals surface area contributed by atoms with Gasteiger partial charge in [-0.25, -0.2) is 0 Å². The first kappa shape index (κ1) is 17.7. The third kappa shape index (κ3) is 4.95. The molecular formula is C20H24N2O2. The zero-order valence-electron chi connectivity index (χ0n) is 14.4. The average molecular weight is 324 g/mol. The van der Waals surface area contributed by atoms with Gasteiger partial charge in [0.2, 0.25) is 5.91 Å². The number of rotatable bonds is 6. The molecule has 0 heterocycles. The molecule has 0 aliphatic rings. The second-order valence-corrected chi connectivity index (χ2v) is 6.26. The Bertz CT molecular complexity index is 706. The van der Waals surface area contributed by atoms with Crippen LogP contribution >= 0.6 is 0 Å². The predicted octanol–water partition coefficient (Wildman–Crippen LogP) is 3.43. The molecule has 0 saturated heterocycles. The van der Waals surface area contributed by atoms with Gasteiger partial charge in [-0.1, -0.05) is 44.2 Å². The first-order valence-corrected chi connectivity index (χ1v) is 8.18. The number of anilines is 1. The van der Waals surface area contributed by atoms with Gasteiger partial charge in [-0.2, -0.15) is 0 Å². The molecule has 0 unspecified atom stereocenters. The lowest BCUT2D eigenvalue weighted by atomic mass is 9.97. The Morgan fingerprint density at radius 3 is 2.29 bits per heavy atom. The summed E-state index contributed by atoms with van der Waals surface area (Å²) in [6, 6.07) is 15.0. The monoisotopic (exact) mass is 324 g/mol. The zero-order valence-corrected chi connectivity index (χ0v) is 14.4. The van der Waals surface area contributed by atoms with Crippen molar-refractivity contribution in [3.63, 3.8) is 0 Å². The molecule has 0 fully saturated rings. The smallest absolute Gasteiger partial charge is 0.255 e. The van der Waals surface area contributed by atoms with Gasteiger partial charge >= 0.3 is 0 Å². The molecule has 2 amide bonds. The van der Waals surface area contributed by atoms with Gasteiger partial charge in [0.05, 0.1) is 6.42 Å². The van der Waals surface area contributed by atoms with Gasteiger partial charge in [0.1, 0.15) is 0 Å². The van der Waals surface area contributed by atoms with Crippen molar-refractivity contribution in [3.05, 3.63) is 65.2 Å². The zero-order chi connectivity index (χ0) is 17.5. The van der Waals surface area contributed by atoms with Crippen LogP contribution in [-0.4, -0.2) is 18.9 Å². The predicted molar refractivity (Wildman–Crippen MR) is 97.1 cm³/mol. The highest BCUT2D eigenvalue weighted by Crippen LogP contribution is 2.17. The van der Waals surface area contributed by atoms with Crippen LogP contribution in [-0.2, 0) is 17.6 Å². The van der Waals surface area contributed by atoms with Gasteiger partial charge in [-0.15, -0.1) is 0 Å². The summed E-state index contributed by atoms with van der Waals surface area (Å²) in [5.74, 6) is 0.350. The number of likely N-dealkylation sites (N-methyl/N-ethyl adjacent to an activating group) is 1. The molecule has 24 heavy (non-hydrogen) atoms. The molecule has 0 aromatic heterocycles. The highest BCUT2D eigenvalue weighted by atomic mass is 16.2. The van der Waals surface area contributed by atoms with E-state index in [4.69, 9.17) is 0 Å². The second-order valence-electron chi connectivity index (χ2n) is 6.26. The van der Waals surface area contributed by atoms with Gasteiger partial charge in [-0.3, -0.25) is 9.59 Å². The van der Waals surface area contributed by atoms with Gasteiger partial charge in [0.15, 0.2) is 0 Å². The largest absolute Gasteiger partial charge is 0.359 e. The van der Waals surface area contributed by atoms with Crippen LogP contribution in [0.1, 0.15) is 35.3 Å². The lowest BCUT2D eigenvalue weighted by molar-refractivity contribution is -0.119. The quantitative estimate of drug-likeness (QED) is 0.855. The first-order valence-electron chi connectivity index (χ1n) is 8.18. The van der Waals surface area contributed by atoms with E-state index in [0.717, 1.165) is 23.2 Å². The third-order valence-electron chi connectivity index (χ3n) is 3.75. The molecule has 0 atom stereocenters. The summed E-state index contributed by atoms with van der Waals surface area (Å²) in [6.45, 7) is 4.28. The van der Waals surface area contributed by atoms with Gasteiger partial charge < -0.3 is 10.6 Å². The first-order chi connectivity index (χ1) is 11.5. The van der Waals surface area contributed by atoms with Crippen LogP contribution < -0.4 is 10.6 Å². The summed E-state index contributed by atoms with van der Waals surface area (Å²) in [5.41, 5.74) is 3.40. The molecule has 2 aromatic carbocycles. The molecule has 0 spiro atoms. The number of amides is 2. The van der Waals surface area contributed by atoms with E-state index in [1.807, 2.05) is 48.5 Å². The Kier molecular flexibility index (Phi) is 6.13. The summed E-state index contributed by atoms with van der Waals surface area (Å²) >= 11 is 0. The van der Waals surface area contributed by atoms with E-state index in [9.17, 15) is 9.59 Å². The standard InChI is InChI=1S/C20H24N2O2/c1-14(2)12-16-6-4-5-7-18(16)20(24)22-17-10-8-15(9-11-17)13-19(23)21-3/h4-11,14H,12-13H2,1-3H3,(H,21,23)(H,22,24). The fourth-order valence-corrected chi connectivity index (χ4v) is 2.54. The molecule has 2 aromatic rings. The van der Waals surface area contributed by atoms with E-state index >= 15 is 0 Å². The van der Waals surface area contributed by atoms with Crippen molar-refractivity contribution < 1.29 is 9.59 Å². The van der Waals surface area contributed by atoms with E-state index in [2.05, 4.69) is 24.5 Å². The number of hydrogen-bond acceptors (Lipinski definition) is 2. The van der Waals surface area contributed by atoms with Crippen LogP contribution in [0.3, 0.4) is 0 Å². The maximum atomic E-state index is 12.6. The number of nitrogens with one attached hydrogen (secondary N) is 2. The molecule has 4 nitrogen and oxygen atoms in total. The van der Waals surface area contributed by atoms with Crippen molar-refractivity contribution in [2.24, 2.45) is 5.92 Å². The summed E-state index contributed by atoms with van der Waals surface area (Å²) in [5, 5.41) is 5.52. The topological polar surface area (TPSA) is 58.2 Å². The van der Waals surface area contributed by atoms with Gasteiger partial charge in [0, 0.05) is 18.3 Å². The van der Waals surface area contributed by atoms with Crippen molar-refractivity contribution >= 4 is 17.5 Å². The normalized spacial score (nSPS) is 10.5. The molecular weight excluding hydrogens is 300 g/mol. The number of benzene rings is 2. The number of carbonyl (C=O) groups excluding carboxylic acids is 2. The Hall–Kier alpha value is -2.62. The van der Waals surface area contributed by atoms with Crippen molar-refractivity contribution in [2.45, 2.75) is 26.7 Å². The minimum atomic E-state index is -0.106. The van der Waals surface area contributed by atoms with Crippen LogP contribution in [0, 0.1) is 5.92 Å². The fourth-order valence-electron chi connectivity index (χ4n) is 2.54. The van der Waals surface area contributed by atoms with Crippen LogP contribution in [0.4, 0.5) is 5.69 Å². The van der Waals surface area contributed by atoms with Crippen molar-refractivity contribution in [1.82, 2.24) is 5.32 Å². The summed E-state index contributed by atoms with van der Waals surface area (Å²) in [6.07, 6.45) is 1.20. The van der Waals surface area contributed by atoms with E-state index in [1.54, 1.807) is 7.05 Å². The maximum Gasteiger partial charge on any atom is 0.255 e. The minimum Gasteiger partial charge on any atom is -0.359 e. The molecule has 0 bridgehead atoms. The van der Waals surface area contributed by atoms with E-state index in [0.29, 0.717) is 17.9 Å². The lowest BCUT2D eigenvalue weighted by Crippen LogP contribution is -2.20. The van der Waals surface area contributed by atoms with Crippen molar-refractivity contribution in [3.8, 4) is 0 Å². The van der Waals surface area contributed by atoms with Crippen LogP contribution in [0.15, 0.2) is 48.5 Å². The van der Waals surface area contributed by atoms with Crippen LogP contribution in [0.25, 0.3) is 0 Å². The Morgan fingerprint density at radius 2 is 1.67 bits per heavy atom. The van der Waals surface area contributed by atoms with E-state index in [-0.39, 0.29) is 11.8 Å². The van der Waals surface area contributed by atoms with E-state index < -0.39 is 0 Å². The Morgan fingerprint density at radius 1 is 1.00 bits per heavy atom. The molecule has 0 saturated carbocycles. The second kappa shape index (κ2) is 8.29. The molecule has 0 radical (unpaired) electrons. The summed E-state index contributed by atoms with van der Waals surface area (Å²) < 4.78 is 0. The molecule has 2 rings (SSSR count). The molecule has 126 valence electrons. The lowest BCUT2D eigenvalue weighted by Gasteiger charge is -2.12. The highest BCUT2D eigenvalue weighted by molar-refractivity contribution is 6.05. The van der Waals surface area contributed by atoms with E-state index in [1.165, 1.54) is 0 Å². The molecule has 2 N–H and O–H groups in total. The minimum absolute atomic E-state index is 0.0330. The summed E-state index contributed by atoms with van der Waals surface area (Å²) in [7, 11) is 1.62. The van der Waals surface area contributed by atoms with Crippen LogP contribution in [0.5, 0.6) is 0 Å². The number of carbonyl (C=O) groups is 2. The molecule has 0 aliphatic heterocycles. The van der Waals surface area contributed by atoms with Crippen LogP contribution in [0.2, 0.25) is 0 Å². The van der Waals surface area contributed by atoms with Crippen molar-refractivity contribution in [1.29, 1.82) is 0 Å². The SMILES string of the molecule is CNC(=O)Cc1ccc(NC(=O)c2ccccc2CC(C)C)cc1. The van der Waals surface area contributed by atoms with Gasteiger partial charge in [-0.05, 0) is 41.7 Å². The average Bonchev–Trinajstić information content (AvgIpc) is 2.56. The fraction of sp³-hybridized carbons (Fsp3) is 0.300. The van der Waals surface area contributed by atoms with Crippen molar-refractivity contribution in [2.75, 3.05) is 12.4 Å². The number of hydrogen-bond donors (Lipinski definition) is 2. The third-order valence-corrected chi connectivity index (χ3v) is 3.75. The highest BCUT2D eigenvalue weighted by Gasteiger charge is 2.12. The molecule has 0 aliphatic carbocycles.